The zero-order valence-corrected chi connectivity index (χ0v) is 25.0. The molecule has 3 aromatic rings. The molecule has 3 aromatic carbocycles. The van der Waals surface area contributed by atoms with Crippen LogP contribution in [-0.4, -0.2) is 63.7 Å². The first-order valence-corrected chi connectivity index (χ1v) is 15.6. The van der Waals surface area contributed by atoms with Crippen molar-refractivity contribution >= 4 is 50.7 Å². The molecule has 0 saturated carbocycles. The largest absolute Gasteiger partial charge is 0.486 e. The minimum Gasteiger partial charge on any atom is -0.486 e. The zero-order valence-electron chi connectivity index (χ0n) is 22.7. The van der Waals surface area contributed by atoms with Crippen molar-refractivity contribution < 1.29 is 27.5 Å². The number of carbonyl (C=O) groups is 2. The number of fused-ring (bicyclic) bond motifs is 1. The molecule has 0 spiro atoms. The summed E-state index contributed by atoms with van der Waals surface area (Å²) < 4.78 is 38.1. The van der Waals surface area contributed by atoms with Gasteiger partial charge >= 0.3 is 0 Å². The third-order valence-corrected chi connectivity index (χ3v) is 8.33. The zero-order chi connectivity index (χ0) is 29.6. The lowest BCUT2D eigenvalue weighted by Crippen LogP contribution is -2.53. The Balaban J connectivity index is 1.73. The number of rotatable bonds is 11. The fourth-order valence-corrected chi connectivity index (χ4v) is 5.64. The molecule has 1 atom stereocenters. The molecule has 0 fully saturated rings. The monoisotopic (exact) mass is 619 g/mol. The highest BCUT2D eigenvalue weighted by Gasteiger charge is 2.33. The van der Waals surface area contributed by atoms with Crippen molar-refractivity contribution in [3.63, 3.8) is 0 Å². The van der Waals surface area contributed by atoms with E-state index in [-0.39, 0.29) is 24.6 Å². The minimum atomic E-state index is -3.92. The van der Waals surface area contributed by atoms with Gasteiger partial charge in [-0.3, -0.25) is 13.9 Å². The number of hydrogen-bond donors (Lipinski definition) is 1. The van der Waals surface area contributed by atoms with Crippen LogP contribution in [-0.2, 0) is 32.6 Å². The van der Waals surface area contributed by atoms with Crippen LogP contribution < -0.4 is 19.1 Å². The third kappa shape index (κ3) is 7.84. The third-order valence-electron chi connectivity index (χ3n) is 6.45. The van der Waals surface area contributed by atoms with E-state index in [0.29, 0.717) is 46.9 Å². The molecular weight excluding hydrogens is 589 g/mol. The van der Waals surface area contributed by atoms with Gasteiger partial charge in [-0.1, -0.05) is 59.6 Å². The summed E-state index contributed by atoms with van der Waals surface area (Å²) in [6, 6.07) is 18.0. The maximum atomic E-state index is 14.1. The van der Waals surface area contributed by atoms with Crippen LogP contribution >= 0.6 is 23.2 Å². The SMILES string of the molecule is CCNC(=O)[C@H](Cc1ccccc1)N(Cc1ccc(Cl)c(Cl)c1)C(=O)CN(c1ccc2c(c1)OCCO2)S(C)(=O)=O. The molecule has 12 heteroatoms. The fourth-order valence-electron chi connectivity index (χ4n) is 4.48. The van der Waals surface area contributed by atoms with Gasteiger partial charge in [0, 0.05) is 25.6 Å². The fraction of sp³-hybridized carbons (Fsp3) is 0.310. The molecule has 0 saturated heterocycles. The maximum absolute atomic E-state index is 14.1. The highest BCUT2D eigenvalue weighted by Crippen LogP contribution is 2.35. The van der Waals surface area contributed by atoms with Gasteiger partial charge in [0.1, 0.15) is 25.8 Å². The summed E-state index contributed by atoms with van der Waals surface area (Å²) in [6.07, 6.45) is 1.23. The van der Waals surface area contributed by atoms with Crippen LogP contribution in [0.25, 0.3) is 0 Å². The molecule has 0 unspecified atom stereocenters. The Hall–Kier alpha value is -3.47. The molecule has 1 aliphatic heterocycles. The first-order valence-electron chi connectivity index (χ1n) is 13.0. The van der Waals surface area contributed by atoms with Crippen LogP contribution in [0, 0.1) is 0 Å². The summed E-state index contributed by atoms with van der Waals surface area (Å²) in [6.45, 7) is 2.28. The molecule has 9 nitrogen and oxygen atoms in total. The van der Waals surface area contributed by atoms with Crippen LogP contribution in [0.5, 0.6) is 11.5 Å². The Labute approximate surface area is 250 Å². The van der Waals surface area contributed by atoms with Gasteiger partial charge in [0.2, 0.25) is 21.8 Å². The second-order valence-electron chi connectivity index (χ2n) is 9.47. The summed E-state index contributed by atoms with van der Waals surface area (Å²) >= 11 is 12.4. The molecule has 218 valence electrons. The number of benzene rings is 3. The van der Waals surface area contributed by atoms with Crippen molar-refractivity contribution in [3.8, 4) is 11.5 Å². The molecule has 4 rings (SSSR count). The number of hydrogen-bond acceptors (Lipinski definition) is 6. The van der Waals surface area contributed by atoms with Crippen molar-refractivity contribution in [2.24, 2.45) is 0 Å². The summed E-state index contributed by atoms with van der Waals surface area (Å²) in [5.41, 5.74) is 1.69. The van der Waals surface area contributed by atoms with Gasteiger partial charge in [0.05, 0.1) is 22.0 Å². The predicted molar refractivity (Wildman–Crippen MR) is 159 cm³/mol. The lowest BCUT2D eigenvalue weighted by Gasteiger charge is -2.33. The highest BCUT2D eigenvalue weighted by molar-refractivity contribution is 7.92. The number of amides is 2. The van der Waals surface area contributed by atoms with Gasteiger partial charge < -0.3 is 19.7 Å². The smallest absolute Gasteiger partial charge is 0.244 e. The summed E-state index contributed by atoms with van der Waals surface area (Å²) in [7, 11) is -3.92. The highest BCUT2D eigenvalue weighted by atomic mass is 35.5. The topological polar surface area (TPSA) is 105 Å². The number of carbonyl (C=O) groups excluding carboxylic acids is 2. The van der Waals surface area contributed by atoms with Crippen LogP contribution in [0.3, 0.4) is 0 Å². The number of ether oxygens (including phenoxy) is 2. The van der Waals surface area contributed by atoms with Gasteiger partial charge in [-0.05, 0) is 42.3 Å². The van der Waals surface area contributed by atoms with E-state index in [1.807, 2.05) is 30.3 Å². The molecule has 41 heavy (non-hydrogen) atoms. The number of halogens is 2. The Bertz CT molecular complexity index is 1500. The van der Waals surface area contributed by atoms with Gasteiger partial charge in [0.15, 0.2) is 11.5 Å². The van der Waals surface area contributed by atoms with Crippen molar-refractivity contribution in [3.05, 3.63) is 87.9 Å². The Morgan fingerprint density at radius 1 is 0.927 bits per heavy atom. The van der Waals surface area contributed by atoms with Crippen molar-refractivity contribution in [2.75, 3.05) is 36.9 Å². The standard InChI is InChI=1S/C29H31Cl2N3O6S/c1-3-32-29(36)25(16-20-7-5-4-6-8-20)33(18-21-9-11-23(30)24(31)15-21)28(35)19-34(41(2,37)38)22-10-12-26-27(17-22)40-14-13-39-26/h4-12,15,17,25H,3,13-14,16,18-19H2,1-2H3,(H,32,36)/t25-/m0/s1. The lowest BCUT2D eigenvalue weighted by atomic mass is 10.0. The predicted octanol–water partition coefficient (Wildman–Crippen LogP) is 4.31. The number of nitrogens with zero attached hydrogens (tertiary/aromatic N) is 2. The second kappa shape index (κ2) is 13.5. The number of sulfonamides is 1. The molecular formula is C29H31Cl2N3O6S. The van der Waals surface area contributed by atoms with Gasteiger partial charge in [-0.25, -0.2) is 8.42 Å². The van der Waals surface area contributed by atoms with Gasteiger partial charge in [-0.15, -0.1) is 0 Å². The van der Waals surface area contributed by atoms with E-state index in [0.717, 1.165) is 16.1 Å². The van der Waals surface area contributed by atoms with E-state index in [1.165, 1.54) is 11.0 Å². The first-order chi connectivity index (χ1) is 19.6. The van der Waals surface area contributed by atoms with Gasteiger partial charge in [-0.2, -0.15) is 0 Å². The molecule has 0 aromatic heterocycles. The molecule has 1 N–H and O–H groups in total. The van der Waals surface area contributed by atoms with Crippen LogP contribution in [0.1, 0.15) is 18.1 Å². The van der Waals surface area contributed by atoms with E-state index >= 15 is 0 Å². The minimum absolute atomic E-state index is 0.0108. The van der Waals surface area contributed by atoms with Crippen LogP contribution in [0.4, 0.5) is 5.69 Å². The average Bonchev–Trinajstić information content (AvgIpc) is 2.95. The molecule has 0 radical (unpaired) electrons. The van der Waals surface area contributed by atoms with E-state index < -0.39 is 28.5 Å². The van der Waals surface area contributed by atoms with Gasteiger partial charge in [0.25, 0.3) is 0 Å². The molecule has 2 amide bonds. The molecule has 0 aliphatic carbocycles. The quantitative estimate of drug-likeness (QED) is 0.343. The lowest BCUT2D eigenvalue weighted by molar-refractivity contribution is -0.140. The molecule has 0 bridgehead atoms. The summed E-state index contributed by atoms with van der Waals surface area (Å²) in [5.74, 6) is -0.0782. The number of anilines is 1. The Morgan fingerprint density at radius 2 is 1.63 bits per heavy atom. The van der Waals surface area contributed by atoms with E-state index in [4.69, 9.17) is 32.7 Å². The Morgan fingerprint density at radius 3 is 2.29 bits per heavy atom. The number of nitrogens with one attached hydrogen (secondary N) is 1. The van der Waals surface area contributed by atoms with Crippen LogP contribution in [0.2, 0.25) is 10.0 Å². The van der Waals surface area contributed by atoms with Crippen molar-refractivity contribution in [1.29, 1.82) is 0 Å². The van der Waals surface area contributed by atoms with Crippen molar-refractivity contribution in [2.45, 2.75) is 25.9 Å². The van der Waals surface area contributed by atoms with E-state index in [9.17, 15) is 18.0 Å². The summed E-state index contributed by atoms with van der Waals surface area (Å²) in [4.78, 5) is 28.9. The Kier molecular flexibility index (Phi) is 10.0. The molecule has 1 heterocycles. The van der Waals surface area contributed by atoms with Crippen LogP contribution in [0.15, 0.2) is 66.7 Å². The van der Waals surface area contributed by atoms with Crippen molar-refractivity contribution in [1.82, 2.24) is 10.2 Å². The normalized spacial score (nSPS) is 13.3. The number of likely N-dealkylation sites (N-methyl/N-ethyl adjacent to an activating group) is 1. The second-order valence-corrected chi connectivity index (χ2v) is 12.2. The van der Waals surface area contributed by atoms with E-state index in [2.05, 4.69) is 5.32 Å². The maximum Gasteiger partial charge on any atom is 0.244 e. The van der Waals surface area contributed by atoms with E-state index in [1.54, 1.807) is 37.3 Å². The average molecular weight is 621 g/mol. The first kappa shape index (κ1) is 30.5. The molecule has 1 aliphatic rings. The summed E-state index contributed by atoms with van der Waals surface area (Å²) in [5, 5.41) is 3.46.